The van der Waals surface area contributed by atoms with Gasteiger partial charge in [-0.15, -0.1) is 0 Å². The van der Waals surface area contributed by atoms with Gasteiger partial charge in [0.25, 0.3) is 11.8 Å². The molecule has 1 N–H and O–H groups in total. The summed E-state index contributed by atoms with van der Waals surface area (Å²) in [6.07, 6.45) is 4.07. The Hall–Kier alpha value is -3.62. The van der Waals surface area contributed by atoms with E-state index in [0.29, 0.717) is 30.2 Å². The maximum absolute atomic E-state index is 13.5. The van der Waals surface area contributed by atoms with Crippen LogP contribution in [-0.2, 0) is 7.05 Å². The number of aryl methyl sites for hydroxylation is 1. The van der Waals surface area contributed by atoms with Crippen LogP contribution >= 0.6 is 0 Å². The van der Waals surface area contributed by atoms with Gasteiger partial charge in [-0.1, -0.05) is 12.1 Å². The second-order valence-electron chi connectivity index (χ2n) is 8.09. The number of hydrogen-bond acceptors (Lipinski definition) is 3. The monoisotopic (exact) mass is 456 g/mol. The molecule has 2 aromatic carbocycles. The molecule has 2 heterocycles. The summed E-state index contributed by atoms with van der Waals surface area (Å²) in [5.41, 5.74) is 1.38. The van der Waals surface area contributed by atoms with Crippen LogP contribution in [0.4, 0.5) is 13.2 Å². The molecule has 0 bridgehead atoms. The van der Waals surface area contributed by atoms with Gasteiger partial charge >= 0.3 is 0 Å². The standard InChI is InChI=1S/C24H23F3N4O2/c1-30-14-21(15-5-7-17(25)8-6-15)22(29-30)24(33)31-9-3-2-4-20(31)13-28-23(32)16-10-18(26)12-19(27)11-16/h5-8,10-12,14,20H,2-4,9,13H2,1H3,(H,28,32). The Balaban J connectivity index is 1.52. The average molecular weight is 456 g/mol. The van der Waals surface area contributed by atoms with Gasteiger partial charge in [-0.05, 0) is 49.1 Å². The SMILES string of the molecule is Cn1cc(-c2ccc(F)cc2)c(C(=O)N2CCCCC2CNC(=O)c2cc(F)cc(F)c2)n1. The van der Waals surface area contributed by atoms with E-state index < -0.39 is 17.5 Å². The number of amides is 2. The van der Waals surface area contributed by atoms with Crippen LogP contribution in [-0.4, -0.2) is 45.6 Å². The zero-order valence-electron chi connectivity index (χ0n) is 18.0. The van der Waals surface area contributed by atoms with Crippen molar-refractivity contribution < 1.29 is 22.8 Å². The number of aromatic nitrogens is 2. The van der Waals surface area contributed by atoms with Crippen LogP contribution in [0.2, 0.25) is 0 Å². The summed E-state index contributed by atoms with van der Waals surface area (Å²) in [4.78, 5) is 27.5. The van der Waals surface area contributed by atoms with Crippen molar-refractivity contribution in [2.45, 2.75) is 25.3 Å². The van der Waals surface area contributed by atoms with Gasteiger partial charge in [-0.25, -0.2) is 13.2 Å². The van der Waals surface area contributed by atoms with E-state index in [2.05, 4.69) is 10.4 Å². The van der Waals surface area contributed by atoms with E-state index in [0.717, 1.165) is 25.0 Å². The van der Waals surface area contributed by atoms with Gasteiger partial charge in [0, 0.05) is 49.6 Å². The van der Waals surface area contributed by atoms with E-state index in [1.54, 1.807) is 30.3 Å². The number of halogens is 3. The number of benzene rings is 2. The molecular formula is C24H23F3N4O2. The average Bonchev–Trinajstić information content (AvgIpc) is 3.18. The largest absolute Gasteiger partial charge is 0.350 e. The molecule has 1 fully saturated rings. The van der Waals surface area contributed by atoms with Crippen LogP contribution in [0.15, 0.2) is 48.7 Å². The molecule has 6 nitrogen and oxygen atoms in total. The van der Waals surface area contributed by atoms with Crippen molar-refractivity contribution >= 4 is 11.8 Å². The Morgan fingerprint density at radius 1 is 1.03 bits per heavy atom. The number of piperidine rings is 1. The fourth-order valence-corrected chi connectivity index (χ4v) is 4.10. The van der Waals surface area contributed by atoms with Crippen LogP contribution in [0, 0.1) is 17.5 Å². The van der Waals surface area contributed by atoms with E-state index in [-0.39, 0.29) is 35.6 Å². The molecule has 172 valence electrons. The van der Waals surface area contributed by atoms with Crippen molar-refractivity contribution in [3.8, 4) is 11.1 Å². The molecule has 9 heteroatoms. The quantitative estimate of drug-likeness (QED) is 0.633. The highest BCUT2D eigenvalue weighted by Crippen LogP contribution is 2.27. The molecule has 3 aromatic rings. The first-order valence-corrected chi connectivity index (χ1v) is 10.7. The third kappa shape index (κ3) is 5.08. The van der Waals surface area contributed by atoms with Crippen molar-refractivity contribution in [3.63, 3.8) is 0 Å². The number of nitrogens with zero attached hydrogens (tertiary/aromatic N) is 3. The Labute approximate surface area is 189 Å². The fourth-order valence-electron chi connectivity index (χ4n) is 4.10. The summed E-state index contributed by atoms with van der Waals surface area (Å²) in [6.45, 7) is 0.634. The second-order valence-corrected chi connectivity index (χ2v) is 8.09. The number of carbonyl (C=O) groups is 2. The van der Waals surface area contributed by atoms with Crippen molar-refractivity contribution in [1.82, 2.24) is 20.0 Å². The molecule has 1 aliphatic rings. The molecular weight excluding hydrogens is 433 g/mol. The highest BCUT2D eigenvalue weighted by atomic mass is 19.1. The molecule has 0 spiro atoms. The highest BCUT2D eigenvalue weighted by molar-refractivity contribution is 5.99. The first-order valence-electron chi connectivity index (χ1n) is 10.7. The number of hydrogen-bond donors (Lipinski definition) is 1. The van der Waals surface area contributed by atoms with Crippen LogP contribution < -0.4 is 5.32 Å². The van der Waals surface area contributed by atoms with Gasteiger partial charge in [-0.3, -0.25) is 14.3 Å². The van der Waals surface area contributed by atoms with Crippen LogP contribution in [0.25, 0.3) is 11.1 Å². The molecule has 4 rings (SSSR count). The second kappa shape index (κ2) is 9.48. The van der Waals surface area contributed by atoms with Crippen LogP contribution in [0.3, 0.4) is 0 Å². The van der Waals surface area contributed by atoms with Crippen molar-refractivity contribution in [3.05, 3.63) is 77.4 Å². The lowest BCUT2D eigenvalue weighted by Crippen LogP contribution is -2.49. The number of likely N-dealkylation sites (tertiary alicyclic amines) is 1. The molecule has 1 saturated heterocycles. The molecule has 1 atom stereocenters. The first-order chi connectivity index (χ1) is 15.8. The first kappa shape index (κ1) is 22.6. The lowest BCUT2D eigenvalue weighted by atomic mass is 9.99. The topological polar surface area (TPSA) is 67.2 Å². The number of carbonyl (C=O) groups excluding carboxylic acids is 2. The van der Waals surface area contributed by atoms with E-state index >= 15 is 0 Å². The molecule has 1 aliphatic heterocycles. The molecule has 33 heavy (non-hydrogen) atoms. The van der Waals surface area contributed by atoms with Crippen LogP contribution in [0.5, 0.6) is 0 Å². The predicted octanol–water partition coefficient (Wildman–Crippen LogP) is 3.93. The minimum atomic E-state index is -0.835. The van der Waals surface area contributed by atoms with E-state index in [1.165, 1.54) is 16.8 Å². The fraction of sp³-hybridized carbons (Fsp3) is 0.292. The van der Waals surface area contributed by atoms with Gasteiger partial charge in [-0.2, -0.15) is 5.10 Å². The van der Waals surface area contributed by atoms with Gasteiger partial charge in [0.15, 0.2) is 5.69 Å². The summed E-state index contributed by atoms with van der Waals surface area (Å²) in [5, 5.41) is 7.03. The zero-order chi connectivity index (χ0) is 23.5. The zero-order valence-corrected chi connectivity index (χ0v) is 18.0. The minimum Gasteiger partial charge on any atom is -0.350 e. The lowest BCUT2D eigenvalue weighted by Gasteiger charge is -2.35. The highest BCUT2D eigenvalue weighted by Gasteiger charge is 2.31. The third-order valence-corrected chi connectivity index (χ3v) is 5.70. The van der Waals surface area contributed by atoms with E-state index in [4.69, 9.17) is 0 Å². The van der Waals surface area contributed by atoms with E-state index in [9.17, 15) is 22.8 Å². The Bertz CT molecular complexity index is 1160. The summed E-state index contributed by atoms with van der Waals surface area (Å²) < 4.78 is 41.8. The molecule has 0 saturated carbocycles. The molecule has 1 unspecified atom stereocenters. The van der Waals surface area contributed by atoms with Gasteiger partial charge < -0.3 is 10.2 Å². The van der Waals surface area contributed by atoms with Crippen LogP contribution in [0.1, 0.15) is 40.1 Å². The normalized spacial score (nSPS) is 16.0. The number of rotatable bonds is 5. The summed E-state index contributed by atoms with van der Waals surface area (Å²) in [6, 6.07) is 8.16. The molecule has 2 amide bonds. The summed E-state index contributed by atoms with van der Waals surface area (Å²) in [7, 11) is 1.70. The Kier molecular flexibility index (Phi) is 6.48. The maximum Gasteiger partial charge on any atom is 0.275 e. The molecule has 0 aliphatic carbocycles. The molecule has 0 radical (unpaired) electrons. The predicted molar refractivity (Wildman–Crippen MR) is 116 cm³/mol. The van der Waals surface area contributed by atoms with Crippen molar-refractivity contribution in [2.24, 2.45) is 7.05 Å². The minimum absolute atomic E-state index is 0.121. The maximum atomic E-state index is 13.5. The summed E-state index contributed by atoms with van der Waals surface area (Å²) in [5.74, 6) is -2.95. The molecule has 1 aromatic heterocycles. The Morgan fingerprint density at radius 3 is 2.42 bits per heavy atom. The van der Waals surface area contributed by atoms with Crippen molar-refractivity contribution in [1.29, 1.82) is 0 Å². The van der Waals surface area contributed by atoms with E-state index in [1.807, 2.05) is 0 Å². The Morgan fingerprint density at radius 2 is 1.73 bits per heavy atom. The van der Waals surface area contributed by atoms with Gasteiger partial charge in [0.1, 0.15) is 17.5 Å². The third-order valence-electron chi connectivity index (χ3n) is 5.70. The lowest BCUT2D eigenvalue weighted by molar-refractivity contribution is 0.0596. The summed E-state index contributed by atoms with van der Waals surface area (Å²) >= 11 is 0. The smallest absolute Gasteiger partial charge is 0.275 e. The van der Waals surface area contributed by atoms with Crippen molar-refractivity contribution in [2.75, 3.05) is 13.1 Å². The van der Waals surface area contributed by atoms with Gasteiger partial charge in [0.05, 0.1) is 0 Å². The van der Waals surface area contributed by atoms with Gasteiger partial charge in [0.2, 0.25) is 0 Å². The number of nitrogens with one attached hydrogen (secondary N) is 1.